The second kappa shape index (κ2) is 6.60. The van der Waals surface area contributed by atoms with E-state index in [-0.39, 0.29) is 12.2 Å². The Kier molecular flexibility index (Phi) is 4.93. The molecule has 0 unspecified atom stereocenters. The molecule has 0 bridgehead atoms. The number of nitrogens with zero attached hydrogens (tertiary/aromatic N) is 1. The van der Waals surface area contributed by atoms with E-state index in [2.05, 4.69) is 0 Å². The van der Waals surface area contributed by atoms with Gasteiger partial charge in [0.25, 0.3) is 0 Å². The van der Waals surface area contributed by atoms with Gasteiger partial charge in [0.15, 0.2) is 0 Å². The van der Waals surface area contributed by atoms with Crippen molar-refractivity contribution in [2.24, 2.45) is 11.3 Å². The lowest BCUT2D eigenvalue weighted by atomic mass is 9.58. The number of nitro groups is 1. The first-order valence-electron chi connectivity index (χ1n) is 7.34. The molecule has 1 aliphatic carbocycles. The van der Waals surface area contributed by atoms with Crippen LogP contribution in [-0.2, 0) is 19.1 Å². The van der Waals surface area contributed by atoms with Gasteiger partial charge in [0.1, 0.15) is 11.7 Å². The van der Waals surface area contributed by atoms with E-state index in [0.717, 1.165) is 14.2 Å². The lowest BCUT2D eigenvalue weighted by Crippen LogP contribution is -2.62. The third-order valence-corrected chi connectivity index (χ3v) is 4.68. The molecule has 0 spiro atoms. The first-order valence-corrected chi connectivity index (χ1v) is 7.34. The Morgan fingerprint density at radius 3 is 2.38 bits per heavy atom. The molecule has 1 aromatic rings. The molecule has 0 amide bonds. The molecule has 1 heterocycles. The van der Waals surface area contributed by atoms with Gasteiger partial charge in [-0.2, -0.15) is 0 Å². The van der Waals surface area contributed by atoms with Crippen molar-refractivity contribution in [2.45, 2.75) is 31.4 Å². The predicted molar refractivity (Wildman–Crippen MR) is 78.5 cm³/mol. The number of rotatable bonds is 4. The quantitative estimate of drug-likeness (QED) is 0.367. The normalized spacial score (nSPS) is 28.8. The minimum absolute atomic E-state index is 0.0399. The summed E-state index contributed by atoms with van der Waals surface area (Å²) in [6, 6.07) is 1.57. The van der Waals surface area contributed by atoms with Gasteiger partial charge in [-0.25, -0.2) is 0 Å². The van der Waals surface area contributed by atoms with Crippen molar-refractivity contribution in [3.8, 4) is 0 Å². The zero-order chi connectivity index (χ0) is 18.1. The average molecular weight is 341 g/mol. The Morgan fingerprint density at radius 2 is 1.96 bits per heavy atom. The maximum Gasteiger partial charge on any atom is 0.326 e. The highest BCUT2D eigenvalue weighted by atomic mass is 16.6. The molecule has 132 valence electrons. The van der Waals surface area contributed by atoms with Gasteiger partial charge in [0, 0.05) is 10.8 Å². The smallest absolute Gasteiger partial charge is 0.326 e. The molecule has 1 fully saturated rings. The number of carbonyl (C=O) groups is 2. The van der Waals surface area contributed by atoms with Gasteiger partial charge in [-0.05, 0) is 18.6 Å². The van der Waals surface area contributed by atoms with Crippen LogP contribution in [0, 0.1) is 21.4 Å². The zero-order valence-electron chi connectivity index (χ0n) is 13.5. The SMILES string of the molecule is COC(=O)C1(C(=O)OC)[C@H](O)C[C@@H](C)[C@@H]([N+](=O)[O-])[C@@H]1c1ccco1. The van der Waals surface area contributed by atoms with E-state index < -0.39 is 46.3 Å². The standard InChI is InChI=1S/C15H19NO8/c1-8-7-10(17)15(13(18)22-2,14(19)23-3)11(12(8)16(20)21)9-5-4-6-24-9/h4-6,8,10-12,17H,7H2,1-3H3/t8-,10-,11+,12-/m1/s1. The molecule has 24 heavy (non-hydrogen) atoms. The van der Waals surface area contributed by atoms with Crippen molar-refractivity contribution < 1.29 is 33.5 Å². The van der Waals surface area contributed by atoms with E-state index in [4.69, 9.17) is 13.9 Å². The summed E-state index contributed by atoms with van der Waals surface area (Å²) in [5.41, 5.74) is -2.27. The molecule has 0 saturated heterocycles. The first kappa shape index (κ1) is 17.9. The highest BCUT2D eigenvalue weighted by Crippen LogP contribution is 2.52. The van der Waals surface area contributed by atoms with E-state index in [9.17, 15) is 24.8 Å². The number of esters is 2. The van der Waals surface area contributed by atoms with Crippen molar-refractivity contribution in [3.63, 3.8) is 0 Å². The number of methoxy groups -OCH3 is 2. The van der Waals surface area contributed by atoms with Crippen LogP contribution in [0.2, 0.25) is 0 Å². The number of ether oxygens (including phenoxy) is 2. The summed E-state index contributed by atoms with van der Waals surface area (Å²) in [7, 11) is 2.08. The molecular weight excluding hydrogens is 322 g/mol. The van der Waals surface area contributed by atoms with Crippen LogP contribution >= 0.6 is 0 Å². The van der Waals surface area contributed by atoms with E-state index in [0.29, 0.717) is 0 Å². The van der Waals surface area contributed by atoms with E-state index >= 15 is 0 Å². The van der Waals surface area contributed by atoms with Crippen molar-refractivity contribution in [1.82, 2.24) is 0 Å². The first-order chi connectivity index (χ1) is 11.3. The van der Waals surface area contributed by atoms with E-state index in [1.165, 1.54) is 18.4 Å². The second-order valence-electron chi connectivity index (χ2n) is 5.85. The summed E-state index contributed by atoms with van der Waals surface area (Å²) in [5.74, 6) is -4.12. The molecule has 1 aliphatic rings. The number of carbonyl (C=O) groups excluding carboxylic acids is 2. The number of hydrogen-bond donors (Lipinski definition) is 1. The summed E-state index contributed by atoms with van der Waals surface area (Å²) >= 11 is 0. The summed E-state index contributed by atoms with van der Waals surface area (Å²) in [5, 5.41) is 22.3. The van der Waals surface area contributed by atoms with Crippen LogP contribution in [0.15, 0.2) is 22.8 Å². The lowest BCUT2D eigenvalue weighted by molar-refractivity contribution is -0.543. The molecule has 9 nitrogen and oxygen atoms in total. The Bertz CT molecular complexity index is 609. The molecule has 1 aromatic heterocycles. The lowest BCUT2D eigenvalue weighted by Gasteiger charge is -2.44. The van der Waals surface area contributed by atoms with Crippen LogP contribution in [-0.4, -0.2) is 48.3 Å². The van der Waals surface area contributed by atoms with E-state index in [1.807, 2.05) is 0 Å². The Morgan fingerprint density at radius 1 is 1.38 bits per heavy atom. The Balaban J connectivity index is 2.77. The van der Waals surface area contributed by atoms with Crippen LogP contribution in [0.1, 0.15) is 25.0 Å². The van der Waals surface area contributed by atoms with Gasteiger partial charge >= 0.3 is 11.9 Å². The fourth-order valence-electron chi connectivity index (χ4n) is 3.62. The Labute approximate surface area is 137 Å². The van der Waals surface area contributed by atoms with Gasteiger partial charge in [-0.15, -0.1) is 0 Å². The van der Waals surface area contributed by atoms with Gasteiger partial charge in [-0.1, -0.05) is 6.92 Å². The maximum absolute atomic E-state index is 12.5. The van der Waals surface area contributed by atoms with Gasteiger partial charge in [-0.3, -0.25) is 19.7 Å². The highest BCUT2D eigenvalue weighted by Gasteiger charge is 2.69. The molecule has 0 aromatic carbocycles. The fourth-order valence-corrected chi connectivity index (χ4v) is 3.62. The minimum Gasteiger partial charge on any atom is -0.469 e. The van der Waals surface area contributed by atoms with E-state index in [1.54, 1.807) is 6.92 Å². The fraction of sp³-hybridized carbons (Fsp3) is 0.600. The molecule has 9 heteroatoms. The van der Waals surface area contributed by atoms with Crippen molar-refractivity contribution >= 4 is 11.9 Å². The average Bonchev–Trinajstić information content (AvgIpc) is 3.06. The molecular formula is C15H19NO8. The molecule has 1 N–H and O–H groups in total. The number of furan rings is 1. The van der Waals surface area contributed by atoms with Crippen LogP contribution < -0.4 is 0 Å². The van der Waals surface area contributed by atoms with Crippen LogP contribution in [0.5, 0.6) is 0 Å². The summed E-state index contributed by atoms with van der Waals surface area (Å²) in [4.78, 5) is 36.2. The molecule has 1 saturated carbocycles. The van der Waals surface area contributed by atoms with Crippen molar-refractivity contribution in [1.29, 1.82) is 0 Å². The van der Waals surface area contributed by atoms with Crippen molar-refractivity contribution in [2.75, 3.05) is 14.2 Å². The topological polar surface area (TPSA) is 129 Å². The van der Waals surface area contributed by atoms with Crippen molar-refractivity contribution in [3.05, 3.63) is 34.3 Å². The van der Waals surface area contributed by atoms with Crippen LogP contribution in [0.3, 0.4) is 0 Å². The second-order valence-corrected chi connectivity index (χ2v) is 5.85. The van der Waals surface area contributed by atoms with Gasteiger partial charge in [0.2, 0.25) is 11.5 Å². The molecule has 2 rings (SSSR count). The predicted octanol–water partition coefficient (Wildman–Crippen LogP) is 0.742. The molecule has 4 atom stereocenters. The monoisotopic (exact) mass is 341 g/mol. The minimum atomic E-state index is -2.27. The van der Waals surface area contributed by atoms with Crippen LogP contribution in [0.25, 0.3) is 0 Å². The molecule has 0 radical (unpaired) electrons. The summed E-state index contributed by atoms with van der Waals surface area (Å²) in [6.07, 6.45) is -0.372. The maximum atomic E-state index is 12.5. The third-order valence-electron chi connectivity index (χ3n) is 4.68. The van der Waals surface area contributed by atoms with Gasteiger partial charge in [0.05, 0.1) is 26.6 Å². The number of hydrogen-bond acceptors (Lipinski definition) is 8. The Hall–Kier alpha value is -2.42. The third kappa shape index (κ3) is 2.44. The van der Waals surface area contributed by atoms with Crippen LogP contribution in [0.4, 0.5) is 0 Å². The zero-order valence-corrected chi connectivity index (χ0v) is 13.5. The van der Waals surface area contributed by atoms with Gasteiger partial charge < -0.3 is 19.0 Å². The number of aliphatic hydroxyl groups excluding tert-OH is 1. The largest absolute Gasteiger partial charge is 0.469 e. The summed E-state index contributed by atoms with van der Waals surface area (Å²) in [6.45, 7) is 1.57. The number of aliphatic hydroxyl groups is 1. The highest BCUT2D eigenvalue weighted by molar-refractivity contribution is 6.02. The molecule has 0 aliphatic heterocycles. The summed E-state index contributed by atoms with van der Waals surface area (Å²) < 4.78 is 14.7.